The van der Waals surface area contributed by atoms with Gasteiger partial charge in [0.1, 0.15) is 0 Å². The van der Waals surface area contributed by atoms with Crippen LogP contribution < -0.4 is 0 Å². The Balaban J connectivity index is 1.59. The summed E-state index contributed by atoms with van der Waals surface area (Å²) in [5.41, 5.74) is 2.07. The molecule has 1 saturated carbocycles. The van der Waals surface area contributed by atoms with Gasteiger partial charge in [0, 0.05) is 11.5 Å². The Labute approximate surface area is 121 Å². The molecule has 0 amide bonds. The van der Waals surface area contributed by atoms with Crippen LogP contribution >= 0.6 is 0 Å². The van der Waals surface area contributed by atoms with Gasteiger partial charge in [0.15, 0.2) is 5.78 Å². The highest BCUT2D eigenvalue weighted by atomic mass is 16.3. The Morgan fingerprint density at radius 2 is 1.85 bits per heavy atom. The summed E-state index contributed by atoms with van der Waals surface area (Å²) in [5, 5.41) is 10.3. The van der Waals surface area contributed by atoms with Crippen molar-refractivity contribution < 1.29 is 9.90 Å². The van der Waals surface area contributed by atoms with Crippen LogP contribution in [0.5, 0.6) is 0 Å². The Morgan fingerprint density at radius 3 is 2.65 bits per heavy atom. The van der Waals surface area contributed by atoms with Crippen LogP contribution in [0.25, 0.3) is 0 Å². The summed E-state index contributed by atoms with van der Waals surface area (Å²) in [6.07, 6.45) is 8.28. The van der Waals surface area contributed by atoms with Crippen LogP contribution in [0.1, 0.15) is 60.9 Å². The third-order valence-electron chi connectivity index (χ3n) is 5.05. The normalized spacial score (nSPS) is 24.6. The van der Waals surface area contributed by atoms with Gasteiger partial charge in [0.05, 0.1) is 6.10 Å². The van der Waals surface area contributed by atoms with E-state index in [1.165, 1.54) is 31.2 Å². The number of aliphatic hydroxyl groups excluding tert-OH is 1. The first-order valence-electron chi connectivity index (χ1n) is 8.04. The standard InChI is InChI=1S/C18H24O2/c19-16(11-13-5-1-2-6-13)12-15-10-9-14-7-3-4-8-17(14)18(15)20/h3-4,7-8,13,15-16,19H,1-2,5-6,9-12H2. The van der Waals surface area contributed by atoms with Crippen molar-refractivity contribution >= 4 is 5.78 Å². The zero-order valence-corrected chi connectivity index (χ0v) is 12.1. The number of hydrogen-bond acceptors (Lipinski definition) is 2. The summed E-state index contributed by atoms with van der Waals surface area (Å²) >= 11 is 0. The molecule has 2 aliphatic carbocycles. The van der Waals surface area contributed by atoms with Gasteiger partial charge in [-0.1, -0.05) is 49.9 Å². The second kappa shape index (κ2) is 6.09. The topological polar surface area (TPSA) is 37.3 Å². The van der Waals surface area contributed by atoms with E-state index in [2.05, 4.69) is 6.07 Å². The second-order valence-corrected chi connectivity index (χ2v) is 6.53. The molecule has 2 nitrogen and oxygen atoms in total. The molecular weight excluding hydrogens is 248 g/mol. The van der Waals surface area contributed by atoms with Gasteiger partial charge in [-0.15, -0.1) is 0 Å². The van der Waals surface area contributed by atoms with Crippen molar-refractivity contribution in [3.8, 4) is 0 Å². The molecule has 1 aromatic carbocycles. The van der Waals surface area contributed by atoms with Crippen LogP contribution in [0.2, 0.25) is 0 Å². The van der Waals surface area contributed by atoms with E-state index >= 15 is 0 Å². The minimum absolute atomic E-state index is 0.0290. The average molecular weight is 272 g/mol. The Kier molecular flexibility index (Phi) is 4.21. The third kappa shape index (κ3) is 2.95. The number of ketones is 1. The summed E-state index contributed by atoms with van der Waals surface area (Å²) in [7, 11) is 0. The summed E-state index contributed by atoms with van der Waals surface area (Å²) < 4.78 is 0. The number of carbonyl (C=O) groups is 1. The van der Waals surface area contributed by atoms with Gasteiger partial charge in [0.2, 0.25) is 0 Å². The van der Waals surface area contributed by atoms with Gasteiger partial charge in [-0.3, -0.25) is 4.79 Å². The number of rotatable bonds is 4. The molecule has 1 aromatic rings. The van der Waals surface area contributed by atoms with E-state index in [1.54, 1.807) is 0 Å². The molecular formula is C18H24O2. The van der Waals surface area contributed by atoms with Crippen molar-refractivity contribution in [2.75, 3.05) is 0 Å². The summed E-state index contributed by atoms with van der Waals surface area (Å²) in [6, 6.07) is 7.93. The highest BCUT2D eigenvalue weighted by molar-refractivity contribution is 6.00. The zero-order valence-electron chi connectivity index (χ0n) is 12.1. The van der Waals surface area contributed by atoms with E-state index in [0.717, 1.165) is 24.8 Å². The molecule has 0 spiro atoms. The minimum Gasteiger partial charge on any atom is -0.393 e. The maximum absolute atomic E-state index is 12.5. The molecule has 20 heavy (non-hydrogen) atoms. The molecule has 0 saturated heterocycles. The number of fused-ring (bicyclic) bond motifs is 1. The van der Waals surface area contributed by atoms with Gasteiger partial charge >= 0.3 is 0 Å². The zero-order chi connectivity index (χ0) is 13.9. The van der Waals surface area contributed by atoms with Crippen LogP contribution in [0.3, 0.4) is 0 Å². The van der Waals surface area contributed by atoms with Gasteiger partial charge in [-0.2, -0.15) is 0 Å². The minimum atomic E-state index is -0.294. The smallest absolute Gasteiger partial charge is 0.166 e. The number of hydrogen-bond donors (Lipinski definition) is 1. The monoisotopic (exact) mass is 272 g/mol. The number of carbonyl (C=O) groups excluding carboxylic acids is 1. The summed E-state index contributed by atoms with van der Waals surface area (Å²) in [6.45, 7) is 0. The SMILES string of the molecule is O=C1c2ccccc2CCC1CC(O)CC1CCCC1. The van der Waals surface area contributed by atoms with Crippen molar-refractivity contribution in [3.63, 3.8) is 0 Å². The Bertz CT molecular complexity index is 474. The number of aliphatic hydroxyl groups is 1. The van der Waals surface area contributed by atoms with Crippen molar-refractivity contribution in [1.82, 2.24) is 0 Å². The van der Waals surface area contributed by atoms with Crippen LogP contribution in [-0.2, 0) is 6.42 Å². The Morgan fingerprint density at radius 1 is 1.10 bits per heavy atom. The Hall–Kier alpha value is -1.15. The largest absolute Gasteiger partial charge is 0.393 e. The molecule has 0 aromatic heterocycles. The average Bonchev–Trinajstić information content (AvgIpc) is 2.95. The number of benzene rings is 1. The van der Waals surface area contributed by atoms with Gasteiger partial charge < -0.3 is 5.11 Å². The number of Topliss-reactive ketones (excluding diaryl/α,β-unsaturated/α-hetero) is 1. The predicted octanol–water partition coefficient (Wildman–Crippen LogP) is 3.76. The molecule has 3 rings (SSSR count). The lowest BCUT2D eigenvalue weighted by atomic mass is 9.79. The van der Waals surface area contributed by atoms with Crippen molar-refractivity contribution in [1.29, 1.82) is 0 Å². The fraction of sp³-hybridized carbons (Fsp3) is 0.611. The van der Waals surface area contributed by atoms with E-state index in [-0.39, 0.29) is 17.8 Å². The maximum Gasteiger partial charge on any atom is 0.166 e. The molecule has 2 unspecified atom stereocenters. The van der Waals surface area contributed by atoms with Gasteiger partial charge in [0.25, 0.3) is 0 Å². The second-order valence-electron chi connectivity index (χ2n) is 6.53. The molecule has 0 aliphatic heterocycles. The fourth-order valence-electron chi connectivity index (χ4n) is 3.94. The van der Waals surface area contributed by atoms with Crippen molar-refractivity contribution in [3.05, 3.63) is 35.4 Å². The predicted molar refractivity (Wildman–Crippen MR) is 79.8 cm³/mol. The highest BCUT2D eigenvalue weighted by Gasteiger charge is 2.29. The van der Waals surface area contributed by atoms with Crippen LogP contribution in [0.4, 0.5) is 0 Å². The first-order valence-corrected chi connectivity index (χ1v) is 8.04. The molecule has 0 radical (unpaired) electrons. The van der Waals surface area contributed by atoms with Gasteiger partial charge in [-0.05, 0) is 37.2 Å². The third-order valence-corrected chi connectivity index (χ3v) is 5.05. The van der Waals surface area contributed by atoms with Crippen molar-refractivity contribution in [2.45, 2.75) is 57.5 Å². The molecule has 2 aliphatic rings. The van der Waals surface area contributed by atoms with Crippen LogP contribution in [-0.4, -0.2) is 17.0 Å². The molecule has 2 atom stereocenters. The van der Waals surface area contributed by atoms with Gasteiger partial charge in [-0.25, -0.2) is 0 Å². The van der Waals surface area contributed by atoms with E-state index < -0.39 is 0 Å². The molecule has 1 N–H and O–H groups in total. The van der Waals surface area contributed by atoms with E-state index in [9.17, 15) is 9.90 Å². The van der Waals surface area contributed by atoms with E-state index in [4.69, 9.17) is 0 Å². The first kappa shape index (κ1) is 13.8. The summed E-state index contributed by atoms with van der Waals surface area (Å²) in [4.78, 5) is 12.5. The van der Waals surface area contributed by atoms with E-state index in [1.807, 2.05) is 18.2 Å². The first-order chi connectivity index (χ1) is 9.74. The lowest BCUT2D eigenvalue weighted by molar-refractivity contribution is 0.0764. The number of aryl methyl sites for hydroxylation is 1. The maximum atomic E-state index is 12.5. The van der Waals surface area contributed by atoms with Crippen molar-refractivity contribution in [2.24, 2.45) is 11.8 Å². The highest BCUT2D eigenvalue weighted by Crippen LogP contribution is 2.32. The lowest BCUT2D eigenvalue weighted by Crippen LogP contribution is -2.27. The van der Waals surface area contributed by atoms with Crippen LogP contribution in [0, 0.1) is 11.8 Å². The van der Waals surface area contributed by atoms with E-state index in [0.29, 0.717) is 12.3 Å². The fourth-order valence-corrected chi connectivity index (χ4v) is 3.94. The molecule has 108 valence electrons. The summed E-state index contributed by atoms with van der Waals surface area (Å²) in [5.74, 6) is 0.967. The van der Waals surface area contributed by atoms with Crippen LogP contribution in [0.15, 0.2) is 24.3 Å². The molecule has 2 heteroatoms. The molecule has 1 fully saturated rings. The molecule has 0 bridgehead atoms. The molecule has 0 heterocycles. The lowest BCUT2D eigenvalue weighted by Gasteiger charge is -2.26. The quantitative estimate of drug-likeness (QED) is 0.906.